The SMILES string of the molecule is CC1CCCCC1NC(=O)CCCNc1ccc([N+](=O)[O-])cc1. The molecule has 0 saturated heterocycles. The number of carbonyl (C=O) groups is 1. The first-order valence-electron chi connectivity index (χ1n) is 8.34. The second-order valence-corrected chi connectivity index (χ2v) is 6.27. The Balaban J connectivity index is 1.64. The number of anilines is 1. The maximum absolute atomic E-state index is 12.0. The van der Waals surface area contributed by atoms with Crippen molar-refractivity contribution in [2.24, 2.45) is 5.92 Å². The molecule has 2 atom stereocenters. The van der Waals surface area contributed by atoms with Crippen molar-refractivity contribution in [3.8, 4) is 0 Å². The molecule has 1 aliphatic carbocycles. The normalized spacial score (nSPS) is 20.7. The molecule has 6 heteroatoms. The van der Waals surface area contributed by atoms with Gasteiger partial charge in [0.2, 0.25) is 5.91 Å². The molecule has 2 N–H and O–H groups in total. The summed E-state index contributed by atoms with van der Waals surface area (Å²) in [5, 5.41) is 16.9. The first-order chi connectivity index (χ1) is 11.1. The van der Waals surface area contributed by atoms with Crippen molar-refractivity contribution in [2.75, 3.05) is 11.9 Å². The van der Waals surface area contributed by atoms with E-state index in [4.69, 9.17) is 0 Å². The summed E-state index contributed by atoms with van der Waals surface area (Å²) in [6.07, 6.45) is 6.01. The van der Waals surface area contributed by atoms with Gasteiger partial charge in [0, 0.05) is 36.8 Å². The quantitative estimate of drug-likeness (QED) is 0.458. The number of amides is 1. The molecule has 0 aliphatic heterocycles. The number of nitro benzene ring substituents is 1. The van der Waals surface area contributed by atoms with Crippen LogP contribution >= 0.6 is 0 Å². The van der Waals surface area contributed by atoms with Crippen LogP contribution in [0.15, 0.2) is 24.3 Å². The molecule has 0 aromatic heterocycles. The average Bonchev–Trinajstić information content (AvgIpc) is 2.54. The van der Waals surface area contributed by atoms with Gasteiger partial charge in [-0.3, -0.25) is 14.9 Å². The van der Waals surface area contributed by atoms with E-state index < -0.39 is 4.92 Å². The molecule has 23 heavy (non-hydrogen) atoms. The number of nitrogens with zero attached hydrogens (tertiary/aromatic N) is 1. The zero-order valence-corrected chi connectivity index (χ0v) is 13.6. The largest absolute Gasteiger partial charge is 0.385 e. The molecule has 1 amide bonds. The van der Waals surface area contributed by atoms with Crippen LogP contribution in [-0.4, -0.2) is 23.4 Å². The molecule has 1 saturated carbocycles. The van der Waals surface area contributed by atoms with Gasteiger partial charge < -0.3 is 10.6 Å². The van der Waals surface area contributed by atoms with Crippen LogP contribution in [-0.2, 0) is 4.79 Å². The van der Waals surface area contributed by atoms with Crippen molar-refractivity contribution in [1.82, 2.24) is 5.32 Å². The highest BCUT2D eigenvalue weighted by Crippen LogP contribution is 2.23. The summed E-state index contributed by atoms with van der Waals surface area (Å²) >= 11 is 0. The number of hydrogen-bond donors (Lipinski definition) is 2. The maximum atomic E-state index is 12.0. The van der Waals surface area contributed by atoms with Crippen LogP contribution in [0.4, 0.5) is 11.4 Å². The van der Waals surface area contributed by atoms with Gasteiger partial charge in [0.05, 0.1) is 4.92 Å². The van der Waals surface area contributed by atoms with E-state index in [0.717, 1.165) is 18.5 Å². The molecule has 1 aromatic rings. The number of nitro groups is 1. The van der Waals surface area contributed by atoms with Crippen molar-refractivity contribution in [2.45, 2.75) is 51.5 Å². The summed E-state index contributed by atoms with van der Waals surface area (Å²) in [5.74, 6) is 0.695. The number of carbonyl (C=O) groups excluding carboxylic acids is 1. The third-order valence-electron chi connectivity index (χ3n) is 4.45. The first kappa shape index (κ1) is 17.2. The fraction of sp³-hybridized carbons (Fsp3) is 0.588. The van der Waals surface area contributed by atoms with Crippen molar-refractivity contribution in [3.63, 3.8) is 0 Å². The third kappa shape index (κ3) is 5.54. The molecule has 6 nitrogen and oxygen atoms in total. The second kappa shape index (κ2) is 8.50. The Kier molecular flexibility index (Phi) is 6.38. The standard InChI is InChI=1S/C17H25N3O3/c1-13-5-2-3-6-16(13)19-17(21)7-4-12-18-14-8-10-15(11-9-14)20(22)23/h8-11,13,16,18H,2-7,12H2,1H3,(H,19,21). The van der Waals surface area contributed by atoms with Crippen molar-refractivity contribution < 1.29 is 9.72 Å². The zero-order chi connectivity index (χ0) is 16.7. The Morgan fingerprint density at radius 2 is 1.96 bits per heavy atom. The van der Waals surface area contributed by atoms with E-state index in [1.165, 1.54) is 31.4 Å². The molecule has 2 unspecified atom stereocenters. The minimum Gasteiger partial charge on any atom is -0.385 e. The summed E-state index contributed by atoms with van der Waals surface area (Å²) in [4.78, 5) is 22.1. The van der Waals surface area contributed by atoms with E-state index in [1.54, 1.807) is 12.1 Å². The van der Waals surface area contributed by atoms with Gasteiger partial charge in [-0.05, 0) is 37.3 Å². The predicted octanol–water partition coefficient (Wildman–Crippen LogP) is 3.48. The van der Waals surface area contributed by atoms with Gasteiger partial charge in [-0.1, -0.05) is 19.8 Å². The number of hydrogen-bond acceptors (Lipinski definition) is 4. The monoisotopic (exact) mass is 319 g/mol. The van der Waals surface area contributed by atoms with Crippen molar-refractivity contribution >= 4 is 17.3 Å². The minimum atomic E-state index is -0.416. The van der Waals surface area contributed by atoms with Crippen LogP contribution in [0.3, 0.4) is 0 Å². The highest BCUT2D eigenvalue weighted by Gasteiger charge is 2.22. The van der Waals surface area contributed by atoms with Gasteiger partial charge in [0.25, 0.3) is 5.69 Å². The summed E-state index contributed by atoms with van der Waals surface area (Å²) in [6, 6.07) is 6.64. The van der Waals surface area contributed by atoms with E-state index in [2.05, 4.69) is 17.6 Å². The van der Waals surface area contributed by atoms with Crippen LogP contribution in [0.1, 0.15) is 45.4 Å². The topological polar surface area (TPSA) is 84.3 Å². The lowest BCUT2D eigenvalue weighted by Gasteiger charge is -2.29. The summed E-state index contributed by atoms with van der Waals surface area (Å²) in [5.41, 5.74) is 0.911. The van der Waals surface area contributed by atoms with Crippen LogP contribution < -0.4 is 10.6 Å². The molecule has 0 spiro atoms. The highest BCUT2D eigenvalue weighted by molar-refractivity contribution is 5.76. The molecule has 0 bridgehead atoms. The van der Waals surface area contributed by atoms with E-state index in [9.17, 15) is 14.9 Å². The van der Waals surface area contributed by atoms with Crippen molar-refractivity contribution in [3.05, 3.63) is 34.4 Å². The Bertz CT molecular complexity index is 530. The molecule has 0 radical (unpaired) electrons. The molecule has 2 rings (SSSR count). The van der Waals surface area contributed by atoms with E-state index in [1.807, 2.05) is 0 Å². The lowest BCUT2D eigenvalue weighted by molar-refractivity contribution is -0.384. The van der Waals surface area contributed by atoms with Crippen LogP contribution in [0.25, 0.3) is 0 Å². The first-order valence-corrected chi connectivity index (χ1v) is 8.34. The summed E-state index contributed by atoms with van der Waals surface area (Å²) in [6.45, 7) is 2.88. The van der Waals surface area contributed by atoms with Crippen LogP contribution in [0.2, 0.25) is 0 Å². The summed E-state index contributed by atoms with van der Waals surface area (Å²) in [7, 11) is 0. The van der Waals surface area contributed by atoms with E-state index >= 15 is 0 Å². The Hall–Kier alpha value is -2.11. The van der Waals surface area contributed by atoms with Gasteiger partial charge in [-0.25, -0.2) is 0 Å². The highest BCUT2D eigenvalue weighted by atomic mass is 16.6. The Morgan fingerprint density at radius 1 is 1.26 bits per heavy atom. The molecular weight excluding hydrogens is 294 g/mol. The number of benzene rings is 1. The van der Waals surface area contributed by atoms with Gasteiger partial charge in [-0.2, -0.15) is 0 Å². The summed E-state index contributed by atoms with van der Waals surface area (Å²) < 4.78 is 0. The average molecular weight is 319 g/mol. The minimum absolute atomic E-state index is 0.0801. The van der Waals surface area contributed by atoms with Crippen LogP contribution in [0.5, 0.6) is 0 Å². The molecule has 0 heterocycles. The number of rotatable bonds is 7. The molecule has 1 fully saturated rings. The molecular formula is C17H25N3O3. The van der Waals surface area contributed by atoms with E-state index in [0.29, 0.717) is 24.9 Å². The lowest BCUT2D eigenvalue weighted by atomic mass is 9.86. The third-order valence-corrected chi connectivity index (χ3v) is 4.45. The van der Waals surface area contributed by atoms with Gasteiger partial charge in [-0.15, -0.1) is 0 Å². The molecule has 1 aliphatic rings. The number of non-ortho nitro benzene ring substituents is 1. The second-order valence-electron chi connectivity index (χ2n) is 6.27. The predicted molar refractivity (Wildman–Crippen MR) is 90.4 cm³/mol. The fourth-order valence-electron chi connectivity index (χ4n) is 2.99. The Labute approximate surface area is 136 Å². The molecule has 126 valence electrons. The van der Waals surface area contributed by atoms with Gasteiger partial charge in [0.1, 0.15) is 0 Å². The van der Waals surface area contributed by atoms with Crippen molar-refractivity contribution in [1.29, 1.82) is 0 Å². The fourth-order valence-corrected chi connectivity index (χ4v) is 2.99. The smallest absolute Gasteiger partial charge is 0.269 e. The molecule has 1 aromatic carbocycles. The number of nitrogens with one attached hydrogen (secondary N) is 2. The van der Waals surface area contributed by atoms with Crippen LogP contribution in [0, 0.1) is 16.0 Å². The van der Waals surface area contributed by atoms with Gasteiger partial charge in [0.15, 0.2) is 0 Å². The lowest BCUT2D eigenvalue weighted by Crippen LogP contribution is -2.41. The maximum Gasteiger partial charge on any atom is 0.269 e. The Morgan fingerprint density at radius 3 is 2.61 bits per heavy atom. The van der Waals surface area contributed by atoms with Gasteiger partial charge >= 0.3 is 0 Å². The zero-order valence-electron chi connectivity index (χ0n) is 13.6. The van der Waals surface area contributed by atoms with E-state index in [-0.39, 0.29) is 11.6 Å².